The summed E-state index contributed by atoms with van der Waals surface area (Å²) >= 11 is 2.11. The van der Waals surface area contributed by atoms with Crippen LogP contribution in [-0.4, -0.2) is 10.5 Å². The number of aryl methyl sites for hydroxylation is 1. The Labute approximate surface area is 122 Å². The molecule has 1 saturated carbocycles. The molecule has 19 heavy (non-hydrogen) atoms. The van der Waals surface area contributed by atoms with Gasteiger partial charge < -0.3 is 5.73 Å². The first-order valence-electron chi connectivity index (χ1n) is 7.54. The summed E-state index contributed by atoms with van der Waals surface area (Å²) in [4.78, 5) is 0. The third kappa shape index (κ3) is 4.25. The highest BCUT2D eigenvalue weighted by Gasteiger charge is 2.24. The average molecular weight is 277 g/mol. The van der Waals surface area contributed by atoms with Crippen molar-refractivity contribution in [2.24, 2.45) is 11.7 Å². The third-order valence-corrected chi connectivity index (χ3v) is 5.80. The molecular weight excluding hydrogens is 250 g/mol. The maximum absolute atomic E-state index is 6.42. The van der Waals surface area contributed by atoms with Crippen LogP contribution in [0, 0.1) is 12.8 Å². The summed E-state index contributed by atoms with van der Waals surface area (Å²) < 4.78 is 0. The molecule has 4 atom stereocenters. The van der Waals surface area contributed by atoms with Crippen LogP contribution in [0.25, 0.3) is 0 Å². The van der Waals surface area contributed by atoms with Crippen LogP contribution in [-0.2, 0) is 0 Å². The molecule has 1 aliphatic carbocycles. The van der Waals surface area contributed by atoms with Crippen LogP contribution in [0.15, 0.2) is 24.3 Å². The lowest BCUT2D eigenvalue weighted by Crippen LogP contribution is -2.25. The Bertz CT molecular complexity index is 387. The highest BCUT2D eigenvalue weighted by Crippen LogP contribution is 2.37. The van der Waals surface area contributed by atoms with Gasteiger partial charge in [0.2, 0.25) is 0 Å². The minimum Gasteiger partial charge on any atom is -0.323 e. The second-order valence-electron chi connectivity index (χ2n) is 6.17. The number of rotatable bonds is 4. The average Bonchev–Trinajstić information content (AvgIpc) is 2.39. The van der Waals surface area contributed by atoms with E-state index in [-0.39, 0.29) is 6.04 Å². The van der Waals surface area contributed by atoms with Gasteiger partial charge in [0, 0.05) is 16.5 Å². The van der Waals surface area contributed by atoms with Crippen LogP contribution in [0.1, 0.15) is 56.7 Å². The molecule has 0 radical (unpaired) electrons. The predicted molar refractivity (Wildman–Crippen MR) is 86.6 cm³/mol. The van der Waals surface area contributed by atoms with E-state index in [1.807, 2.05) is 0 Å². The van der Waals surface area contributed by atoms with Crippen molar-refractivity contribution in [3.8, 4) is 0 Å². The topological polar surface area (TPSA) is 26.0 Å². The van der Waals surface area contributed by atoms with Crippen LogP contribution >= 0.6 is 11.8 Å². The molecule has 1 aromatic rings. The summed E-state index contributed by atoms with van der Waals surface area (Å²) in [5.74, 6) is 0.897. The molecule has 0 spiro atoms. The fourth-order valence-corrected chi connectivity index (χ4v) is 4.63. The first-order valence-corrected chi connectivity index (χ1v) is 8.48. The van der Waals surface area contributed by atoms with Gasteiger partial charge in [0.1, 0.15) is 0 Å². The third-order valence-electron chi connectivity index (χ3n) is 4.26. The van der Waals surface area contributed by atoms with Crippen molar-refractivity contribution in [1.82, 2.24) is 0 Å². The van der Waals surface area contributed by atoms with E-state index in [0.29, 0.717) is 5.25 Å². The minimum absolute atomic E-state index is 0.155. The van der Waals surface area contributed by atoms with Crippen molar-refractivity contribution < 1.29 is 0 Å². The molecule has 0 aliphatic heterocycles. The summed E-state index contributed by atoms with van der Waals surface area (Å²) in [5, 5.41) is 1.31. The Morgan fingerprint density at radius 2 is 1.89 bits per heavy atom. The van der Waals surface area contributed by atoms with Crippen molar-refractivity contribution in [2.45, 2.75) is 63.0 Å². The molecule has 1 nitrogen and oxygen atoms in total. The lowest BCUT2D eigenvalue weighted by Gasteiger charge is -2.30. The van der Waals surface area contributed by atoms with Crippen LogP contribution in [0.4, 0.5) is 0 Å². The first kappa shape index (κ1) is 14.9. The van der Waals surface area contributed by atoms with E-state index < -0.39 is 0 Å². The zero-order chi connectivity index (χ0) is 13.8. The van der Waals surface area contributed by atoms with Gasteiger partial charge in [-0.2, -0.15) is 11.8 Å². The van der Waals surface area contributed by atoms with Crippen molar-refractivity contribution in [2.75, 3.05) is 0 Å². The summed E-state index contributed by atoms with van der Waals surface area (Å²) in [6, 6.07) is 8.84. The van der Waals surface area contributed by atoms with Gasteiger partial charge in [0.05, 0.1) is 0 Å². The Morgan fingerprint density at radius 3 is 2.53 bits per heavy atom. The summed E-state index contributed by atoms with van der Waals surface area (Å²) in [7, 11) is 0. The van der Waals surface area contributed by atoms with Gasteiger partial charge in [-0.25, -0.2) is 0 Å². The normalized spacial score (nSPS) is 26.9. The van der Waals surface area contributed by atoms with E-state index in [9.17, 15) is 0 Å². The summed E-state index contributed by atoms with van der Waals surface area (Å²) in [6.45, 7) is 6.79. The monoisotopic (exact) mass is 277 g/mol. The number of hydrogen-bond donors (Lipinski definition) is 1. The molecule has 1 aromatic carbocycles. The quantitative estimate of drug-likeness (QED) is 0.863. The predicted octanol–water partition coefficient (Wildman–Crippen LogP) is 4.70. The van der Waals surface area contributed by atoms with E-state index in [1.165, 1.54) is 36.8 Å². The smallest absolute Gasteiger partial charge is 0.0412 e. The molecule has 106 valence electrons. The van der Waals surface area contributed by atoms with Crippen molar-refractivity contribution >= 4 is 11.8 Å². The number of hydrogen-bond acceptors (Lipinski definition) is 2. The van der Waals surface area contributed by atoms with Gasteiger partial charge in [-0.1, -0.05) is 56.5 Å². The van der Waals surface area contributed by atoms with Gasteiger partial charge >= 0.3 is 0 Å². The fraction of sp³-hybridized carbons (Fsp3) is 0.647. The molecule has 0 bridgehead atoms. The second-order valence-corrected chi connectivity index (χ2v) is 7.85. The SMILES string of the molecule is Cc1ccc(C(N)C(C)SC2CCCC(C)C2)cc1. The van der Waals surface area contributed by atoms with Gasteiger partial charge in [0.15, 0.2) is 0 Å². The largest absolute Gasteiger partial charge is 0.323 e. The summed E-state index contributed by atoms with van der Waals surface area (Å²) in [6.07, 6.45) is 5.55. The number of nitrogens with two attached hydrogens (primary N) is 1. The molecule has 1 aliphatic rings. The molecule has 2 heteroatoms. The highest BCUT2D eigenvalue weighted by atomic mass is 32.2. The number of thioether (sulfide) groups is 1. The molecule has 2 rings (SSSR count). The minimum atomic E-state index is 0.155. The molecule has 0 amide bonds. The molecule has 0 heterocycles. The van der Waals surface area contributed by atoms with Crippen LogP contribution in [0.2, 0.25) is 0 Å². The Morgan fingerprint density at radius 1 is 1.21 bits per heavy atom. The van der Waals surface area contributed by atoms with E-state index in [2.05, 4.69) is 56.8 Å². The van der Waals surface area contributed by atoms with Crippen LogP contribution in [0.3, 0.4) is 0 Å². The fourth-order valence-electron chi connectivity index (χ4n) is 2.95. The molecular formula is C17H27NS. The van der Waals surface area contributed by atoms with Gasteiger partial charge in [-0.3, -0.25) is 0 Å². The first-order chi connectivity index (χ1) is 9.06. The molecule has 4 unspecified atom stereocenters. The molecule has 0 aromatic heterocycles. The molecule has 0 saturated heterocycles. The van der Waals surface area contributed by atoms with E-state index in [1.54, 1.807) is 0 Å². The van der Waals surface area contributed by atoms with E-state index >= 15 is 0 Å². The Balaban J connectivity index is 1.91. The Hall–Kier alpha value is -0.470. The maximum atomic E-state index is 6.42. The maximum Gasteiger partial charge on any atom is 0.0412 e. The van der Waals surface area contributed by atoms with E-state index in [0.717, 1.165) is 11.2 Å². The molecule has 2 N–H and O–H groups in total. The zero-order valence-electron chi connectivity index (χ0n) is 12.4. The summed E-state index contributed by atoms with van der Waals surface area (Å²) in [5.41, 5.74) is 9.00. The molecule has 1 fully saturated rings. The van der Waals surface area contributed by atoms with Crippen LogP contribution < -0.4 is 5.73 Å². The van der Waals surface area contributed by atoms with E-state index in [4.69, 9.17) is 5.73 Å². The van der Waals surface area contributed by atoms with Crippen molar-refractivity contribution in [3.05, 3.63) is 35.4 Å². The lowest BCUT2D eigenvalue weighted by molar-refractivity contribution is 0.393. The van der Waals surface area contributed by atoms with Crippen molar-refractivity contribution in [3.63, 3.8) is 0 Å². The standard InChI is InChI=1S/C17H27NS/c1-12-7-9-15(10-8-12)17(18)14(3)19-16-6-4-5-13(2)11-16/h7-10,13-14,16-17H,4-6,11,18H2,1-3H3. The van der Waals surface area contributed by atoms with Gasteiger partial charge in [-0.15, -0.1) is 0 Å². The van der Waals surface area contributed by atoms with Gasteiger partial charge in [-0.05, 0) is 31.2 Å². The zero-order valence-corrected chi connectivity index (χ0v) is 13.2. The van der Waals surface area contributed by atoms with Gasteiger partial charge in [0.25, 0.3) is 0 Å². The number of benzene rings is 1. The van der Waals surface area contributed by atoms with Crippen LogP contribution in [0.5, 0.6) is 0 Å². The Kier molecular flexibility index (Phi) is 5.35. The highest BCUT2D eigenvalue weighted by molar-refractivity contribution is 8.00. The second kappa shape index (κ2) is 6.81. The lowest BCUT2D eigenvalue weighted by atomic mass is 9.90. The van der Waals surface area contributed by atoms with Crippen molar-refractivity contribution in [1.29, 1.82) is 0 Å².